The molecule has 0 atom stereocenters. The summed E-state index contributed by atoms with van der Waals surface area (Å²) in [7, 11) is 0. The van der Waals surface area contributed by atoms with Gasteiger partial charge in [-0.25, -0.2) is 17.6 Å². The smallest absolute Gasteiger partial charge is 0.147 e. The molecule has 0 saturated carbocycles. The van der Waals surface area contributed by atoms with Crippen LogP contribution in [0.4, 0.5) is 23.2 Å². The second kappa shape index (κ2) is 5.61. The molecule has 0 aliphatic carbocycles. The minimum Gasteiger partial charge on any atom is -0.379 e. The molecule has 0 heterocycles. The molecule has 0 aliphatic rings. The van der Waals surface area contributed by atoms with Gasteiger partial charge >= 0.3 is 0 Å². The fourth-order valence-corrected chi connectivity index (χ4v) is 1.88. The van der Waals surface area contributed by atoms with Crippen LogP contribution in [0.15, 0.2) is 34.8 Å². The predicted molar refractivity (Wildman–Crippen MR) is 67.7 cm³/mol. The van der Waals surface area contributed by atoms with Gasteiger partial charge in [-0.2, -0.15) is 0 Å². The van der Waals surface area contributed by atoms with E-state index in [-0.39, 0.29) is 16.7 Å². The third-order valence-corrected chi connectivity index (χ3v) is 3.02. The van der Waals surface area contributed by atoms with Crippen molar-refractivity contribution in [2.75, 3.05) is 5.32 Å². The molecule has 0 unspecified atom stereocenters. The van der Waals surface area contributed by atoms with Gasteiger partial charge in [0.25, 0.3) is 0 Å². The van der Waals surface area contributed by atoms with Crippen LogP contribution in [0.25, 0.3) is 0 Å². The Balaban J connectivity index is 2.16. The van der Waals surface area contributed by atoms with Gasteiger partial charge in [-0.15, -0.1) is 0 Å². The Kier molecular flexibility index (Phi) is 4.09. The molecule has 1 N–H and O–H groups in total. The lowest BCUT2D eigenvalue weighted by atomic mass is 10.2. The first-order valence-electron chi connectivity index (χ1n) is 5.29. The lowest BCUT2D eigenvalue weighted by Gasteiger charge is -2.09. The zero-order valence-corrected chi connectivity index (χ0v) is 11.1. The van der Waals surface area contributed by atoms with Crippen LogP contribution in [0.2, 0.25) is 0 Å². The molecule has 0 bridgehead atoms. The van der Waals surface area contributed by atoms with Crippen molar-refractivity contribution in [2.45, 2.75) is 6.54 Å². The van der Waals surface area contributed by atoms with Gasteiger partial charge in [-0.1, -0.05) is 0 Å². The van der Waals surface area contributed by atoms with Crippen LogP contribution in [-0.4, -0.2) is 0 Å². The molecule has 100 valence electrons. The molecular formula is C13H8BrF4N. The van der Waals surface area contributed by atoms with E-state index in [0.717, 1.165) is 30.3 Å². The van der Waals surface area contributed by atoms with Crippen molar-refractivity contribution in [1.29, 1.82) is 0 Å². The Labute approximate surface area is 115 Å². The van der Waals surface area contributed by atoms with Crippen LogP contribution in [0, 0.1) is 23.3 Å². The van der Waals surface area contributed by atoms with Gasteiger partial charge in [0, 0.05) is 18.7 Å². The number of anilines is 1. The summed E-state index contributed by atoms with van der Waals surface area (Å²) in [5, 5.41) is 2.58. The van der Waals surface area contributed by atoms with Crippen LogP contribution in [-0.2, 0) is 6.54 Å². The Hall–Kier alpha value is -1.56. The summed E-state index contributed by atoms with van der Waals surface area (Å²) in [4.78, 5) is 0. The maximum absolute atomic E-state index is 13.5. The van der Waals surface area contributed by atoms with E-state index in [1.807, 2.05) is 0 Å². The first-order chi connectivity index (χ1) is 8.95. The summed E-state index contributed by atoms with van der Waals surface area (Å²) in [6.45, 7) is -0.0212. The first kappa shape index (κ1) is 13.9. The number of halogens is 5. The molecular weight excluding hydrogens is 326 g/mol. The average Bonchev–Trinajstić information content (AvgIpc) is 2.31. The van der Waals surface area contributed by atoms with Crippen LogP contribution < -0.4 is 5.32 Å². The Morgan fingerprint density at radius 3 is 2.11 bits per heavy atom. The lowest BCUT2D eigenvalue weighted by molar-refractivity contribution is 0.580. The third-order valence-electron chi connectivity index (χ3n) is 2.42. The van der Waals surface area contributed by atoms with Crippen molar-refractivity contribution >= 4 is 21.6 Å². The minimum atomic E-state index is -0.723. The molecule has 1 nitrogen and oxygen atoms in total. The van der Waals surface area contributed by atoms with E-state index < -0.39 is 23.3 Å². The molecule has 2 rings (SSSR count). The van der Waals surface area contributed by atoms with E-state index in [2.05, 4.69) is 21.2 Å². The van der Waals surface area contributed by atoms with Crippen molar-refractivity contribution in [3.8, 4) is 0 Å². The Morgan fingerprint density at radius 2 is 1.47 bits per heavy atom. The molecule has 0 amide bonds. The lowest BCUT2D eigenvalue weighted by Crippen LogP contribution is -2.03. The van der Waals surface area contributed by atoms with Gasteiger partial charge < -0.3 is 5.32 Å². The molecule has 2 aromatic rings. The van der Waals surface area contributed by atoms with Crippen molar-refractivity contribution in [3.05, 3.63) is 63.6 Å². The normalized spacial score (nSPS) is 10.6. The molecule has 2 aromatic carbocycles. The minimum absolute atomic E-state index is 0.00681. The number of hydrogen-bond donors (Lipinski definition) is 1. The van der Waals surface area contributed by atoms with E-state index in [4.69, 9.17) is 0 Å². The number of nitrogens with one attached hydrogen (secondary N) is 1. The van der Waals surface area contributed by atoms with Crippen molar-refractivity contribution < 1.29 is 17.6 Å². The quantitative estimate of drug-likeness (QED) is 0.638. The van der Waals surface area contributed by atoms with E-state index in [0.29, 0.717) is 5.56 Å². The molecule has 0 radical (unpaired) electrons. The van der Waals surface area contributed by atoms with Crippen molar-refractivity contribution in [1.82, 2.24) is 0 Å². The monoisotopic (exact) mass is 333 g/mol. The predicted octanol–water partition coefficient (Wildman–Crippen LogP) is 4.62. The summed E-state index contributed by atoms with van der Waals surface area (Å²) < 4.78 is 52.6. The van der Waals surface area contributed by atoms with Crippen LogP contribution in [0.3, 0.4) is 0 Å². The fraction of sp³-hybridized carbons (Fsp3) is 0.0769. The fourth-order valence-electron chi connectivity index (χ4n) is 1.57. The molecule has 0 saturated heterocycles. The summed E-state index contributed by atoms with van der Waals surface area (Å²) in [5.41, 5.74) is 0.214. The zero-order chi connectivity index (χ0) is 14.0. The Morgan fingerprint density at radius 1 is 0.842 bits per heavy atom. The van der Waals surface area contributed by atoms with E-state index in [9.17, 15) is 17.6 Å². The summed E-state index contributed by atoms with van der Waals surface area (Å²) in [5.74, 6) is -2.74. The maximum Gasteiger partial charge on any atom is 0.147 e. The summed E-state index contributed by atoms with van der Waals surface area (Å²) >= 11 is 2.85. The van der Waals surface area contributed by atoms with Gasteiger partial charge in [0.05, 0.1) is 10.2 Å². The van der Waals surface area contributed by atoms with E-state index in [1.165, 1.54) is 0 Å². The first-order valence-corrected chi connectivity index (χ1v) is 6.08. The zero-order valence-electron chi connectivity index (χ0n) is 9.48. The summed E-state index contributed by atoms with van der Waals surface area (Å²) in [6, 6.07) is 4.91. The van der Waals surface area contributed by atoms with Gasteiger partial charge in [0.1, 0.15) is 23.3 Å². The highest BCUT2D eigenvalue weighted by Crippen LogP contribution is 2.23. The number of benzene rings is 2. The van der Waals surface area contributed by atoms with Gasteiger partial charge in [-0.05, 0) is 39.7 Å². The highest BCUT2D eigenvalue weighted by molar-refractivity contribution is 9.10. The van der Waals surface area contributed by atoms with Crippen molar-refractivity contribution in [2.24, 2.45) is 0 Å². The molecule has 0 fully saturated rings. The van der Waals surface area contributed by atoms with E-state index >= 15 is 0 Å². The maximum atomic E-state index is 13.5. The largest absolute Gasteiger partial charge is 0.379 e. The van der Waals surface area contributed by atoms with Gasteiger partial charge in [-0.3, -0.25) is 0 Å². The SMILES string of the molecule is Fc1cc(F)cc(CNc2cc(F)c(Br)cc2F)c1. The Bertz CT molecular complexity index is 596. The van der Waals surface area contributed by atoms with E-state index in [1.54, 1.807) is 0 Å². The second-order valence-corrected chi connectivity index (χ2v) is 4.73. The molecule has 6 heteroatoms. The van der Waals surface area contributed by atoms with Crippen LogP contribution >= 0.6 is 15.9 Å². The standard InChI is InChI=1S/C13H8BrF4N/c14-10-4-12(18)13(5-11(10)17)19-6-7-1-8(15)3-9(16)2-7/h1-5,19H,6H2. The molecule has 0 aromatic heterocycles. The van der Waals surface area contributed by atoms with Gasteiger partial charge in [0.15, 0.2) is 0 Å². The second-order valence-electron chi connectivity index (χ2n) is 3.88. The van der Waals surface area contributed by atoms with Crippen LogP contribution in [0.5, 0.6) is 0 Å². The summed E-state index contributed by atoms with van der Waals surface area (Å²) in [6.07, 6.45) is 0. The number of hydrogen-bond acceptors (Lipinski definition) is 1. The van der Waals surface area contributed by atoms with Crippen molar-refractivity contribution in [3.63, 3.8) is 0 Å². The van der Waals surface area contributed by atoms with Crippen LogP contribution in [0.1, 0.15) is 5.56 Å². The highest BCUT2D eigenvalue weighted by atomic mass is 79.9. The van der Waals surface area contributed by atoms with Gasteiger partial charge in [0.2, 0.25) is 0 Å². The average molecular weight is 334 g/mol. The topological polar surface area (TPSA) is 12.0 Å². The highest BCUT2D eigenvalue weighted by Gasteiger charge is 2.08. The third kappa shape index (κ3) is 3.47. The molecule has 0 spiro atoms. The number of rotatable bonds is 3. The molecule has 0 aliphatic heterocycles. The molecule has 19 heavy (non-hydrogen) atoms.